The van der Waals surface area contributed by atoms with Crippen molar-refractivity contribution in [3.63, 3.8) is 0 Å². The molecule has 2 atom stereocenters. The average Bonchev–Trinajstić information content (AvgIpc) is 2.81. The Morgan fingerprint density at radius 1 is 0.871 bits per heavy atom. The van der Waals surface area contributed by atoms with Crippen LogP contribution in [0.5, 0.6) is 11.5 Å². The SMILES string of the molecule is CCCCOc1ccc(OCc2ccc(C3CCC(CCCC)OC3)cc2)c(F)c1F. The molecule has 1 fully saturated rings. The van der Waals surface area contributed by atoms with Crippen molar-refractivity contribution in [2.24, 2.45) is 0 Å². The maximum absolute atomic E-state index is 14.3. The molecule has 1 aliphatic heterocycles. The van der Waals surface area contributed by atoms with Gasteiger partial charge < -0.3 is 14.2 Å². The Morgan fingerprint density at radius 3 is 2.16 bits per heavy atom. The van der Waals surface area contributed by atoms with Gasteiger partial charge in [0.15, 0.2) is 11.5 Å². The predicted octanol–water partition coefficient (Wildman–Crippen LogP) is 7.18. The molecule has 0 N–H and O–H groups in total. The number of hydrogen-bond donors (Lipinski definition) is 0. The van der Waals surface area contributed by atoms with Crippen molar-refractivity contribution >= 4 is 0 Å². The lowest BCUT2D eigenvalue weighted by Gasteiger charge is -2.29. The summed E-state index contributed by atoms with van der Waals surface area (Å²) in [6, 6.07) is 11.0. The van der Waals surface area contributed by atoms with Gasteiger partial charge in [-0.25, -0.2) is 0 Å². The molecular formula is C26H34F2O3. The summed E-state index contributed by atoms with van der Waals surface area (Å²) in [7, 11) is 0. The van der Waals surface area contributed by atoms with Crippen LogP contribution in [0.1, 0.15) is 75.8 Å². The van der Waals surface area contributed by atoms with E-state index in [-0.39, 0.29) is 18.1 Å². The van der Waals surface area contributed by atoms with Crippen LogP contribution in [0, 0.1) is 11.6 Å². The zero-order valence-electron chi connectivity index (χ0n) is 18.7. The Kier molecular flexibility index (Phi) is 9.13. The van der Waals surface area contributed by atoms with Gasteiger partial charge in [-0.05, 0) is 48.9 Å². The fraction of sp³-hybridized carbons (Fsp3) is 0.538. The molecule has 2 unspecified atom stereocenters. The van der Waals surface area contributed by atoms with Gasteiger partial charge in [0, 0.05) is 5.92 Å². The Balaban J connectivity index is 1.51. The Hall–Kier alpha value is -2.14. The summed E-state index contributed by atoms with van der Waals surface area (Å²) in [5, 5.41) is 0. The molecule has 1 heterocycles. The van der Waals surface area contributed by atoms with Gasteiger partial charge in [-0.3, -0.25) is 0 Å². The lowest BCUT2D eigenvalue weighted by molar-refractivity contribution is -0.00189. The molecule has 0 radical (unpaired) electrons. The van der Waals surface area contributed by atoms with Gasteiger partial charge in [0.2, 0.25) is 11.6 Å². The third kappa shape index (κ3) is 6.67. The zero-order valence-corrected chi connectivity index (χ0v) is 18.7. The lowest BCUT2D eigenvalue weighted by atomic mass is 9.90. The quantitative estimate of drug-likeness (QED) is 0.352. The van der Waals surface area contributed by atoms with Gasteiger partial charge in [0.25, 0.3) is 0 Å². The minimum atomic E-state index is -1.01. The van der Waals surface area contributed by atoms with Crippen LogP contribution in [-0.2, 0) is 11.3 Å². The Bertz CT molecular complexity index is 799. The summed E-state index contributed by atoms with van der Waals surface area (Å²) in [5.74, 6) is -1.78. The van der Waals surface area contributed by atoms with E-state index >= 15 is 0 Å². The van der Waals surface area contributed by atoms with Crippen molar-refractivity contribution in [1.29, 1.82) is 0 Å². The van der Waals surface area contributed by atoms with E-state index in [1.807, 2.05) is 19.1 Å². The van der Waals surface area contributed by atoms with Crippen LogP contribution in [-0.4, -0.2) is 19.3 Å². The molecule has 2 aromatic rings. The number of halogens is 2. The number of hydrogen-bond acceptors (Lipinski definition) is 3. The largest absolute Gasteiger partial charge is 0.490 e. The summed E-state index contributed by atoms with van der Waals surface area (Å²) in [4.78, 5) is 0. The molecule has 0 bridgehead atoms. The van der Waals surface area contributed by atoms with E-state index in [0.717, 1.165) is 44.3 Å². The van der Waals surface area contributed by atoms with Crippen molar-refractivity contribution in [3.8, 4) is 11.5 Å². The number of ether oxygens (including phenoxy) is 3. The van der Waals surface area contributed by atoms with Crippen molar-refractivity contribution in [2.75, 3.05) is 13.2 Å². The highest BCUT2D eigenvalue weighted by Crippen LogP contribution is 2.31. The third-order valence-electron chi connectivity index (χ3n) is 5.86. The number of rotatable bonds is 11. The van der Waals surface area contributed by atoms with Crippen molar-refractivity contribution in [1.82, 2.24) is 0 Å². The molecule has 1 aliphatic rings. The van der Waals surface area contributed by atoms with E-state index in [4.69, 9.17) is 14.2 Å². The van der Waals surface area contributed by atoms with Crippen LogP contribution in [0.15, 0.2) is 36.4 Å². The Morgan fingerprint density at radius 2 is 1.55 bits per heavy atom. The van der Waals surface area contributed by atoms with Gasteiger partial charge in [-0.1, -0.05) is 57.4 Å². The van der Waals surface area contributed by atoms with Gasteiger partial charge in [0.1, 0.15) is 6.61 Å². The first-order chi connectivity index (χ1) is 15.1. The zero-order chi connectivity index (χ0) is 22.1. The number of benzene rings is 2. The maximum atomic E-state index is 14.3. The van der Waals surface area contributed by atoms with Gasteiger partial charge >= 0.3 is 0 Å². The molecule has 1 saturated heterocycles. The van der Waals surface area contributed by atoms with Crippen molar-refractivity contribution in [2.45, 2.75) is 77.4 Å². The fourth-order valence-electron chi connectivity index (χ4n) is 3.84. The molecule has 31 heavy (non-hydrogen) atoms. The topological polar surface area (TPSA) is 27.7 Å². The smallest absolute Gasteiger partial charge is 0.204 e. The minimum Gasteiger partial charge on any atom is -0.490 e. The van der Waals surface area contributed by atoms with E-state index in [0.29, 0.717) is 18.6 Å². The van der Waals surface area contributed by atoms with Crippen LogP contribution in [0.2, 0.25) is 0 Å². The molecule has 0 amide bonds. The van der Waals surface area contributed by atoms with E-state index in [2.05, 4.69) is 19.1 Å². The minimum absolute atomic E-state index is 0.0747. The van der Waals surface area contributed by atoms with Gasteiger partial charge in [-0.2, -0.15) is 8.78 Å². The second-order valence-electron chi connectivity index (χ2n) is 8.29. The summed E-state index contributed by atoms with van der Waals surface area (Å²) >= 11 is 0. The van der Waals surface area contributed by atoms with E-state index in [1.54, 1.807) is 0 Å². The average molecular weight is 433 g/mol. The summed E-state index contributed by atoms with van der Waals surface area (Å²) in [6.45, 7) is 5.52. The molecular weight excluding hydrogens is 398 g/mol. The number of unbranched alkanes of at least 4 members (excludes halogenated alkanes) is 2. The van der Waals surface area contributed by atoms with Crippen LogP contribution in [0.4, 0.5) is 8.78 Å². The fourth-order valence-corrected chi connectivity index (χ4v) is 3.84. The highest BCUT2D eigenvalue weighted by molar-refractivity contribution is 5.35. The first-order valence-corrected chi connectivity index (χ1v) is 11.6. The van der Waals surface area contributed by atoms with Crippen LogP contribution >= 0.6 is 0 Å². The Labute approximate surface area is 184 Å². The summed E-state index contributed by atoms with van der Waals surface area (Å²) in [5.41, 5.74) is 2.16. The van der Waals surface area contributed by atoms with Crippen LogP contribution < -0.4 is 9.47 Å². The predicted molar refractivity (Wildman–Crippen MR) is 119 cm³/mol. The van der Waals surface area contributed by atoms with E-state index in [9.17, 15) is 8.78 Å². The maximum Gasteiger partial charge on any atom is 0.204 e. The first kappa shape index (κ1) is 23.5. The highest BCUT2D eigenvalue weighted by Gasteiger charge is 2.22. The molecule has 5 heteroatoms. The van der Waals surface area contributed by atoms with Gasteiger partial charge in [-0.15, -0.1) is 0 Å². The third-order valence-corrected chi connectivity index (χ3v) is 5.86. The molecule has 0 saturated carbocycles. The molecule has 2 aromatic carbocycles. The van der Waals surface area contributed by atoms with Crippen LogP contribution in [0.25, 0.3) is 0 Å². The second kappa shape index (κ2) is 12.0. The van der Waals surface area contributed by atoms with E-state index < -0.39 is 11.6 Å². The normalized spacial score (nSPS) is 18.7. The lowest BCUT2D eigenvalue weighted by Crippen LogP contribution is -2.24. The molecule has 3 rings (SSSR count). The van der Waals surface area contributed by atoms with Gasteiger partial charge in [0.05, 0.1) is 19.3 Å². The standard InChI is InChI=1S/C26H34F2O3/c1-3-5-7-22-13-12-21(18-30-22)20-10-8-19(9-11-20)17-31-24-15-14-23(25(27)26(24)28)29-16-6-4-2/h8-11,14-15,21-22H,3-7,12-13,16-18H2,1-2H3. The summed E-state index contributed by atoms with van der Waals surface area (Å²) < 4.78 is 45.3. The highest BCUT2D eigenvalue weighted by atomic mass is 19.2. The van der Waals surface area contributed by atoms with Crippen LogP contribution in [0.3, 0.4) is 0 Å². The molecule has 0 aliphatic carbocycles. The molecule has 3 nitrogen and oxygen atoms in total. The summed E-state index contributed by atoms with van der Waals surface area (Å²) in [6.07, 6.45) is 7.97. The first-order valence-electron chi connectivity index (χ1n) is 11.6. The molecule has 170 valence electrons. The second-order valence-corrected chi connectivity index (χ2v) is 8.29. The molecule has 0 aromatic heterocycles. The van der Waals surface area contributed by atoms with E-state index in [1.165, 1.54) is 30.5 Å². The monoisotopic (exact) mass is 432 g/mol. The van der Waals surface area contributed by atoms with Crippen molar-refractivity contribution in [3.05, 3.63) is 59.2 Å². The molecule has 0 spiro atoms. The van der Waals surface area contributed by atoms with Crippen molar-refractivity contribution < 1.29 is 23.0 Å².